The Bertz CT molecular complexity index is 60.2. The summed E-state index contributed by atoms with van der Waals surface area (Å²) in [6, 6.07) is 0. The van der Waals surface area contributed by atoms with Gasteiger partial charge in [0, 0.05) is 12.9 Å². The summed E-state index contributed by atoms with van der Waals surface area (Å²) in [6.07, 6.45) is -0.483. The Kier molecular flexibility index (Phi) is 6.51. The SMILES string of the molecule is COCOC[C@@H](O)CS. The van der Waals surface area contributed by atoms with Crippen LogP contribution in [0.25, 0.3) is 0 Å². The summed E-state index contributed by atoms with van der Waals surface area (Å²) in [7, 11) is 1.53. The molecule has 0 spiro atoms. The molecule has 56 valence electrons. The first-order chi connectivity index (χ1) is 4.31. The quantitative estimate of drug-likeness (QED) is 0.328. The molecule has 0 amide bonds. The van der Waals surface area contributed by atoms with Crippen LogP contribution in [0.4, 0.5) is 0 Å². The fraction of sp³-hybridized carbons (Fsp3) is 1.00. The van der Waals surface area contributed by atoms with Crippen LogP contribution in [0.5, 0.6) is 0 Å². The van der Waals surface area contributed by atoms with Gasteiger partial charge in [-0.05, 0) is 0 Å². The molecule has 3 nitrogen and oxygen atoms in total. The minimum absolute atomic E-state index is 0.227. The van der Waals surface area contributed by atoms with E-state index in [1.165, 1.54) is 7.11 Å². The molecule has 0 heterocycles. The second-order valence-corrected chi connectivity index (χ2v) is 1.98. The number of aliphatic hydroxyl groups excluding tert-OH is 1. The zero-order valence-corrected chi connectivity index (χ0v) is 6.30. The molecule has 0 rings (SSSR count). The lowest BCUT2D eigenvalue weighted by Crippen LogP contribution is -2.17. The highest BCUT2D eigenvalue weighted by Crippen LogP contribution is 1.87. The molecule has 1 atom stereocenters. The molecule has 0 aromatic heterocycles. The van der Waals surface area contributed by atoms with Crippen LogP contribution in [0.3, 0.4) is 0 Å². The molecule has 0 radical (unpaired) electrons. The largest absolute Gasteiger partial charge is 0.390 e. The van der Waals surface area contributed by atoms with Gasteiger partial charge in [-0.1, -0.05) is 0 Å². The van der Waals surface area contributed by atoms with Gasteiger partial charge in [0.05, 0.1) is 12.7 Å². The van der Waals surface area contributed by atoms with Gasteiger partial charge in [-0.2, -0.15) is 12.6 Å². The first-order valence-corrected chi connectivity index (χ1v) is 3.30. The third-order valence-electron chi connectivity index (χ3n) is 0.722. The Balaban J connectivity index is 2.88. The van der Waals surface area contributed by atoms with Gasteiger partial charge in [0.2, 0.25) is 0 Å². The van der Waals surface area contributed by atoms with Gasteiger partial charge in [-0.3, -0.25) is 0 Å². The monoisotopic (exact) mass is 152 g/mol. The van der Waals surface area contributed by atoms with Crippen molar-refractivity contribution in [1.29, 1.82) is 0 Å². The molecule has 0 saturated carbocycles. The molecule has 9 heavy (non-hydrogen) atoms. The summed E-state index contributed by atoms with van der Waals surface area (Å²) >= 11 is 3.85. The minimum atomic E-state index is -0.483. The lowest BCUT2D eigenvalue weighted by molar-refractivity contribution is -0.0567. The third kappa shape index (κ3) is 6.11. The standard InChI is InChI=1S/C5H12O3S/c1-7-4-8-2-5(6)3-9/h5-6,9H,2-4H2,1H3/t5-/m1/s1. The van der Waals surface area contributed by atoms with E-state index in [-0.39, 0.29) is 13.4 Å². The lowest BCUT2D eigenvalue weighted by Gasteiger charge is -2.06. The van der Waals surface area contributed by atoms with E-state index >= 15 is 0 Å². The molecule has 0 aromatic rings. The van der Waals surface area contributed by atoms with Gasteiger partial charge in [0.15, 0.2) is 0 Å². The van der Waals surface area contributed by atoms with Crippen molar-refractivity contribution in [2.45, 2.75) is 6.10 Å². The van der Waals surface area contributed by atoms with Crippen LogP contribution in [0.15, 0.2) is 0 Å². The van der Waals surface area contributed by atoms with Gasteiger partial charge in [-0.15, -0.1) is 0 Å². The van der Waals surface area contributed by atoms with Crippen LogP contribution in [0, 0.1) is 0 Å². The predicted molar refractivity (Wildman–Crippen MR) is 37.7 cm³/mol. The Labute approximate surface area is 60.4 Å². The number of methoxy groups -OCH3 is 1. The maximum Gasteiger partial charge on any atom is 0.146 e. The molecule has 0 fully saturated rings. The van der Waals surface area contributed by atoms with Crippen LogP contribution in [-0.2, 0) is 9.47 Å². The van der Waals surface area contributed by atoms with Crippen molar-refractivity contribution < 1.29 is 14.6 Å². The lowest BCUT2D eigenvalue weighted by atomic mass is 10.4. The number of thiol groups is 1. The zero-order chi connectivity index (χ0) is 7.11. The maximum absolute atomic E-state index is 8.83. The Morgan fingerprint density at radius 2 is 2.33 bits per heavy atom. The predicted octanol–water partition coefficient (Wildman–Crippen LogP) is -0.102. The van der Waals surface area contributed by atoms with Crippen LogP contribution in [-0.4, -0.2) is 37.5 Å². The molecule has 0 aliphatic carbocycles. The van der Waals surface area contributed by atoms with Gasteiger partial charge < -0.3 is 14.6 Å². The topological polar surface area (TPSA) is 38.7 Å². The zero-order valence-electron chi connectivity index (χ0n) is 5.41. The van der Waals surface area contributed by atoms with Crippen molar-refractivity contribution in [2.75, 3.05) is 26.3 Å². The fourth-order valence-electron chi connectivity index (χ4n) is 0.320. The minimum Gasteiger partial charge on any atom is -0.390 e. The van der Waals surface area contributed by atoms with Gasteiger partial charge in [0.1, 0.15) is 6.79 Å². The highest BCUT2D eigenvalue weighted by Gasteiger charge is 1.98. The second-order valence-electron chi connectivity index (χ2n) is 1.61. The van der Waals surface area contributed by atoms with Crippen LogP contribution < -0.4 is 0 Å². The van der Waals surface area contributed by atoms with E-state index in [9.17, 15) is 0 Å². The van der Waals surface area contributed by atoms with E-state index in [1.807, 2.05) is 0 Å². The normalized spacial score (nSPS) is 13.7. The van der Waals surface area contributed by atoms with Crippen LogP contribution >= 0.6 is 12.6 Å². The first kappa shape index (κ1) is 9.23. The molecule has 0 saturated heterocycles. The number of rotatable bonds is 5. The molecular formula is C5H12O3S. The van der Waals surface area contributed by atoms with E-state index in [4.69, 9.17) is 9.84 Å². The molecule has 0 bridgehead atoms. The number of aliphatic hydroxyl groups is 1. The Morgan fingerprint density at radius 1 is 1.67 bits per heavy atom. The summed E-state index contributed by atoms with van der Waals surface area (Å²) < 4.78 is 9.39. The number of ether oxygens (including phenoxy) is 2. The van der Waals surface area contributed by atoms with Crippen LogP contribution in [0.2, 0.25) is 0 Å². The fourth-order valence-corrected chi connectivity index (χ4v) is 0.426. The number of hydrogen-bond donors (Lipinski definition) is 2. The summed E-state index contributed by atoms with van der Waals surface area (Å²) in [5.74, 6) is 0.420. The molecular weight excluding hydrogens is 140 g/mol. The summed E-state index contributed by atoms with van der Waals surface area (Å²) in [5.41, 5.74) is 0. The van der Waals surface area contributed by atoms with E-state index in [2.05, 4.69) is 17.4 Å². The van der Waals surface area contributed by atoms with Crippen molar-refractivity contribution in [3.05, 3.63) is 0 Å². The van der Waals surface area contributed by atoms with Gasteiger partial charge in [-0.25, -0.2) is 0 Å². The molecule has 4 heteroatoms. The Hall–Kier alpha value is 0.230. The average Bonchev–Trinajstić information content (AvgIpc) is 1.89. The third-order valence-corrected chi connectivity index (χ3v) is 1.14. The smallest absolute Gasteiger partial charge is 0.146 e. The molecule has 0 aromatic carbocycles. The summed E-state index contributed by atoms with van der Waals surface area (Å²) in [5, 5.41) is 8.83. The van der Waals surface area contributed by atoms with Crippen LogP contribution in [0.1, 0.15) is 0 Å². The van der Waals surface area contributed by atoms with Crippen molar-refractivity contribution >= 4 is 12.6 Å². The maximum atomic E-state index is 8.83. The van der Waals surface area contributed by atoms with Crippen molar-refractivity contribution in [3.8, 4) is 0 Å². The summed E-state index contributed by atoms with van der Waals surface area (Å²) in [4.78, 5) is 0. The van der Waals surface area contributed by atoms with Gasteiger partial charge >= 0.3 is 0 Å². The molecule has 0 unspecified atom stereocenters. The van der Waals surface area contributed by atoms with Crippen molar-refractivity contribution in [1.82, 2.24) is 0 Å². The van der Waals surface area contributed by atoms with E-state index in [0.29, 0.717) is 5.75 Å². The van der Waals surface area contributed by atoms with E-state index in [0.717, 1.165) is 0 Å². The molecule has 0 aliphatic heterocycles. The second kappa shape index (κ2) is 6.35. The van der Waals surface area contributed by atoms with Gasteiger partial charge in [0.25, 0.3) is 0 Å². The number of hydrogen-bond acceptors (Lipinski definition) is 4. The van der Waals surface area contributed by atoms with Crippen molar-refractivity contribution in [3.63, 3.8) is 0 Å². The molecule has 1 N–H and O–H groups in total. The van der Waals surface area contributed by atoms with E-state index in [1.54, 1.807) is 0 Å². The first-order valence-electron chi connectivity index (χ1n) is 2.67. The van der Waals surface area contributed by atoms with E-state index < -0.39 is 6.10 Å². The molecule has 0 aliphatic rings. The summed E-state index contributed by atoms with van der Waals surface area (Å²) in [6.45, 7) is 0.516. The highest BCUT2D eigenvalue weighted by atomic mass is 32.1. The average molecular weight is 152 g/mol. The van der Waals surface area contributed by atoms with Crippen molar-refractivity contribution in [2.24, 2.45) is 0 Å². The highest BCUT2D eigenvalue weighted by molar-refractivity contribution is 7.80. The Morgan fingerprint density at radius 3 is 2.78 bits per heavy atom.